The number of hydrogen-bond acceptors (Lipinski definition) is 6. The van der Waals surface area contributed by atoms with Crippen LogP contribution in [0.3, 0.4) is 0 Å². The van der Waals surface area contributed by atoms with Crippen LogP contribution < -0.4 is 10.6 Å². The van der Waals surface area contributed by atoms with Gasteiger partial charge in [0.15, 0.2) is 5.15 Å². The van der Waals surface area contributed by atoms with Crippen LogP contribution in [0, 0.1) is 0 Å². The first-order valence-electron chi connectivity index (χ1n) is 11.4. The molecule has 2 aromatic rings. The fourth-order valence-electron chi connectivity index (χ4n) is 3.32. The summed E-state index contributed by atoms with van der Waals surface area (Å²) in [5.41, 5.74) is 1.18. The molecule has 0 spiro atoms. The number of alkyl carbamates (subject to hydrolysis) is 1. The van der Waals surface area contributed by atoms with Crippen LogP contribution in [0.2, 0.25) is 5.15 Å². The number of carbonyl (C=O) groups is 3. The highest BCUT2D eigenvalue weighted by molar-refractivity contribution is 6.30. The largest absolute Gasteiger partial charge is 0.479 e. The molecule has 0 radical (unpaired) electrons. The maximum absolute atomic E-state index is 12.5. The number of nitrogens with one attached hydrogen (secondary N) is 2. The van der Waals surface area contributed by atoms with Crippen LogP contribution >= 0.6 is 11.6 Å². The average molecular weight is 509 g/mol. The number of imidazole rings is 1. The molecule has 1 aromatic carbocycles. The van der Waals surface area contributed by atoms with Gasteiger partial charge in [0.1, 0.15) is 11.4 Å². The summed E-state index contributed by atoms with van der Waals surface area (Å²) in [5, 5.41) is 23.7. The molecule has 1 unspecified atom stereocenters. The number of aromatic nitrogens is 2. The summed E-state index contributed by atoms with van der Waals surface area (Å²) >= 11 is 6.31. The van der Waals surface area contributed by atoms with E-state index in [0.717, 1.165) is 36.3 Å². The number of aliphatic hydroxyl groups is 1. The summed E-state index contributed by atoms with van der Waals surface area (Å²) in [6.07, 6.45) is 2.10. The Balaban J connectivity index is 2.12. The zero-order chi connectivity index (χ0) is 26.2. The fourth-order valence-corrected chi connectivity index (χ4v) is 3.61. The van der Waals surface area contributed by atoms with Crippen molar-refractivity contribution in [3.8, 4) is 0 Å². The first-order chi connectivity index (χ1) is 16.4. The molecule has 2 amide bonds. The van der Waals surface area contributed by atoms with Crippen LogP contribution in [0.4, 0.5) is 10.5 Å². The van der Waals surface area contributed by atoms with Gasteiger partial charge in [0.25, 0.3) is 5.91 Å². The van der Waals surface area contributed by atoms with Crippen LogP contribution in [-0.4, -0.2) is 56.0 Å². The van der Waals surface area contributed by atoms with E-state index in [9.17, 15) is 24.6 Å². The molecule has 0 saturated carbocycles. The van der Waals surface area contributed by atoms with Gasteiger partial charge in [-0.3, -0.25) is 10.1 Å². The van der Waals surface area contributed by atoms with E-state index in [1.807, 2.05) is 4.57 Å². The van der Waals surface area contributed by atoms with Crippen molar-refractivity contribution in [3.05, 3.63) is 46.5 Å². The second-order valence-electron chi connectivity index (χ2n) is 9.03. The number of aliphatic carboxylic acids is 1. The van der Waals surface area contributed by atoms with Gasteiger partial charge in [-0.25, -0.2) is 14.6 Å². The van der Waals surface area contributed by atoms with Crippen LogP contribution in [0.15, 0.2) is 24.3 Å². The van der Waals surface area contributed by atoms with Crippen molar-refractivity contribution in [2.75, 3.05) is 11.9 Å². The summed E-state index contributed by atoms with van der Waals surface area (Å²) in [4.78, 5) is 40.4. The number of aliphatic hydroxyl groups excluding tert-OH is 1. The van der Waals surface area contributed by atoms with Gasteiger partial charge >= 0.3 is 12.1 Å². The van der Waals surface area contributed by atoms with Gasteiger partial charge in [-0.05, 0) is 44.9 Å². The highest BCUT2D eigenvalue weighted by Crippen LogP contribution is 2.22. The van der Waals surface area contributed by atoms with Gasteiger partial charge < -0.3 is 24.8 Å². The molecule has 192 valence electrons. The van der Waals surface area contributed by atoms with E-state index < -0.39 is 29.6 Å². The second kappa shape index (κ2) is 12.6. The van der Waals surface area contributed by atoms with Gasteiger partial charge in [0.2, 0.25) is 6.04 Å². The molecule has 0 bridgehead atoms. The number of carboxylic acids is 1. The van der Waals surface area contributed by atoms with E-state index in [4.69, 9.17) is 16.3 Å². The highest BCUT2D eigenvalue weighted by Gasteiger charge is 2.30. The van der Waals surface area contributed by atoms with E-state index in [2.05, 4.69) is 22.5 Å². The molecule has 11 heteroatoms. The average Bonchev–Trinajstić information content (AvgIpc) is 3.05. The minimum atomic E-state index is -1.82. The molecular weight excluding hydrogens is 476 g/mol. The van der Waals surface area contributed by atoms with E-state index >= 15 is 0 Å². The van der Waals surface area contributed by atoms with Crippen molar-refractivity contribution in [3.63, 3.8) is 0 Å². The lowest BCUT2D eigenvalue weighted by Crippen LogP contribution is -2.50. The monoisotopic (exact) mass is 508 g/mol. The third kappa shape index (κ3) is 8.56. The Morgan fingerprint density at radius 3 is 2.37 bits per heavy atom. The van der Waals surface area contributed by atoms with Crippen molar-refractivity contribution in [2.45, 2.75) is 71.6 Å². The molecule has 0 aliphatic rings. The summed E-state index contributed by atoms with van der Waals surface area (Å²) in [5.74, 6) is -1.59. The molecule has 0 aliphatic carbocycles. The zero-order valence-electron chi connectivity index (χ0n) is 20.4. The Morgan fingerprint density at radius 1 is 1.17 bits per heavy atom. The van der Waals surface area contributed by atoms with Crippen molar-refractivity contribution >= 4 is 35.3 Å². The Bertz CT molecular complexity index is 1030. The SMILES string of the molecule is CCCCc1nc(Cl)c(CCO)n1Cc1ccc(NC(=O)C(NC(=O)OC(C)(C)C)C(=O)O)cc1. The molecule has 0 fully saturated rings. The third-order valence-corrected chi connectivity index (χ3v) is 5.24. The normalized spacial score (nSPS) is 12.2. The van der Waals surface area contributed by atoms with Crippen molar-refractivity contribution in [1.29, 1.82) is 0 Å². The van der Waals surface area contributed by atoms with Gasteiger partial charge in [-0.1, -0.05) is 37.1 Å². The minimum absolute atomic E-state index is 0.0499. The molecular formula is C24H33ClN4O6. The summed E-state index contributed by atoms with van der Waals surface area (Å²) in [6, 6.07) is 5.02. The molecule has 4 N–H and O–H groups in total. The van der Waals surface area contributed by atoms with Gasteiger partial charge in [-0.15, -0.1) is 0 Å². The summed E-state index contributed by atoms with van der Waals surface area (Å²) < 4.78 is 7.02. The standard InChI is InChI=1S/C24H33ClN4O6/c1-5-6-7-18-27-20(25)17(12-13-30)29(18)14-15-8-10-16(11-9-15)26-21(31)19(22(32)33)28-23(34)35-24(2,3)4/h8-11,19,30H,5-7,12-14H2,1-4H3,(H,26,31)(H,28,34)(H,32,33). The minimum Gasteiger partial charge on any atom is -0.479 e. The van der Waals surface area contributed by atoms with Crippen LogP contribution in [-0.2, 0) is 33.7 Å². The number of hydrogen-bond donors (Lipinski definition) is 4. The van der Waals surface area contributed by atoms with Crippen molar-refractivity contribution in [1.82, 2.24) is 14.9 Å². The van der Waals surface area contributed by atoms with Crippen molar-refractivity contribution in [2.24, 2.45) is 0 Å². The molecule has 2 rings (SSSR count). The lowest BCUT2D eigenvalue weighted by molar-refractivity contribution is -0.142. The third-order valence-electron chi connectivity index (χ3n) is 4.94. The van der Waals surface area contributed by atoms with Crippen molar-refractivity contribution < 1.29 is 29.3 Å². The predicted molar refractivity (Wildman–Crippen MR) is 132 cm³/mol. The molecule has 35 heavy (non-hydrogen) atoms. The van der Waals surface area contributed by atoms with Gasteiger partial charge in [0, 0.05) is 31.7 Å². The van der Waals surface area contributed by atoms with Crippen LogP contribution in [0.25, 0.3) is 0 Å². The molecule has 0 saturated heterocycles. The van der Waals surface area contributed by atoms with E-state index in [1.54, 1.807) is 45.0 Å². The maximum Gasteiger partial charge on any atom is 0.408 e. The fraction of sp³-hybridized carbons (Fsp3) is 0.500. The van der Waals surface area contributed by atoms with Crippen LogP contribution in [0.5, 0.6) is 0 Å². The van der Waals surface area contributed by atoms with Crippen LogP contribution in [0.1, 0.15) is 57.6 Å². The number of amides is 2. The quantitative estimate of drug-likeness (QED) is 0.341. The lowest BCUT2D eigenvalue weighted by atomic mass is 10.1. The topological polar surface area (TPSA) is 143 Å². The lowest BCUT2D eigenvalue weighted by Gasteiger charge is -2.21. The number of rotatable bonds is 11. The van der Waals surface area contributed by atoms with Gasteiger partial charge in [-0.2, -0.15) is 0 Å². The Kier molecular flexibility index (Phi) is 10.1. The summed E-state index contributed by atoms with van der Waals surface area (Å²) in [7, 11) is 0. The predicted octanol–water partition coefficient (Wildman–Crippen LogP) is 3.38. The molecule has 1 aromatic heterocycles. The van der Waals surface area contributed by atoms with Gasteiger partial charge in [0.05, 0.1) is 5.69 Å². The van der Waals surface area contributed by atoms with E-state index in [1.165, 1.54) is 0 Å². The number of carboxylic acid groups (broad SMARTS) is 1. The first-order valence-corrected chi connectivity index (χ1v) is 11.8. The molecule has 1 heterocycles. The number of nitrogens with zero attached hydrogens (tertiary/aromatic N) is 2. The highest BCUT2D eigenvalue weighted by atomic mass is 35.5. The number of unbranched alkanes of at least 4 members (excludes halogenated alkanes) is 1. The number of benzene rings is 1. The zero-order valence-corrected chi connectivity index (χ0v) is 21.2. The Morgan fingerprint density at radius 2 is 1.83 bits per heavy atom. The number of aryl methyl sites for hydroxylation is 1. The second-order valence-corrected chi connectivity index (χ2v) is 9.39. The molecule has 10 nitrogen and oxygen atoms in total. The van der Waals surface area contributed by atoms with E-state index in [-0.39, 0.29) is 6.61 Å². The summed E-state index contributed by atoms with van der Waals surface area (Å²) in [6.45, 7) is 7.39. The molecule has 0 aliphatic heterocycles. The smallest absolute Gasteiger partial charge is 0.408 e. The number of ether oxygens (including phenoxy) is 1. The number of anilines is 1. The first kappa shape index (κ1) is 28.1. The molecule has 1 atom stereocenters. The number of halogens is 1. The van der Waals surface area contributed by atoms with E-state index in [0.29, 0.717) is 23.8 Å². The maximum atomic E-state index is 12.5. The number of carbonyl (C=O) groups excluding carboxylic acids is 2. The Labute approximate surface area is 209 Å². The Hall–Kier alpha value is -3.11.